The van der Waals surface area contributed by atoms with Crippen molar-refractivity contribution >= 4 is 17.5 Å². The highest BCUT2D eigenvalue weighted by Gasteiger charge is 2.36. The summed E-state index contributed by atoms with van der Waals surface area (Å²) in [5.41, 5.74) is 0.261. The highest BCUT2D eigenvalue weighted by atomic mass is 35.5. The summed E-state index contributed by atoms with van der Waals surface area (Å²) in [5.74, 6) is -0.380. The molecule has 2 heterocycles. The van der Waals surface area contributed by atoms with Crippen LogP contribution >= 0.6 is 11.6 Å². The molecule has 2 aromatic carbocycles. The minimum Gasteiger partial charge on any atom is -0.482 e. The van der Waals surface area contributed by atoms with Gasteiger partial charge in [0.05, 0.1) is 5.60 Å². The van der Waals surface area contributed by atoms with Crippen LogP contribution in [0.4, 0.5) is 0 Å². The van der Waals surface area contributed by atoms with Crippen LogP contribution in [0.25, 0.3) is 0 Å². The summed E-state index contributed by atoms with van der Waals surface area (Å²) in [4.78, 5) is 26.7. The molecule has 1 aromatic heterocycles. The van der Waals surface area contributed by atoms with Crippen LogP contribution in [-0.2, 0) is 12.2 Å². The fraction of sp³-hybridized carbons (Fsp3) is 0.250. The standard InChI is InChI=1S/C24H22ClNO5/c25-19-8-6-18(7-9-19)24(29)10-12-26(13-11-24)23(28)21-14-20(27)22(16-31-21)30-15-17-4-2-1-3-5-17/h1-9,14,16,29H,10-13,15H2. The van der Waals surface area contributed by atoms with Crippen molar-refractivity contribution in [3.63, 3.8) is 0 Å². The normalized spacial score (nSPS) is 15.5. The SMILES string of the molecule is O=C(c1cc(=O)c(OCc2ccccc2)co1)N1CCC(O)(c2ccc(Cl)cc2)CC1. The first-order valence-corrected chi connectivity index (χ1v) is 10.4. The zero-order chi connectivity index (χ0) is 21.8. The van der Waals surface area contributed by atoms with Crippen LogP contribution in [0.2, 0.25) is 5.02 Å². The number of benzene rings is 2. The van der Waals surface area contributed by atoms with Gasteiger partial charge < -0.3 is 19.2 Å². The molecule has 31 heavy (non-hydrogen) atoms. The molecule has 4 rings (SSSR count). The van der Waals surface area contributed by atoms with Crippen LogP contribution in [0, 0.1) is 0 Å². The third-order valence-electron chi connectivity index (χ3n) is 5.51. The van der Waals surface area contributed by atoms with Gasteiger partial charge in [0, 0.05) is 24.2 Å². The van der Waals surface area contributed by atoms with Crippen molar-refractivity contribution in [2.75, 3.05) is 13.1 Å². The number of halogens is 1. The molecule has 0 atom stereocenters. The van der Waals surface area contributed by atoms with Crippen molar-refractivity contribution in [2.45, 2.75) is 25.0 Å². The third-order valence-corrected chi connectivity index (χ3v) is 5.76. The molecule has 1 aliphatic rings. The average molecular weight is 440 g/mol. The minimum atomic E-state index is -1.02. The van der Waals surface area contributed by atoms with E-state index in [1.807, 2.05) is 30.3 Å². The Labute approximate surface area is 184 Å². The number of ether oxygens (including phenoxy) is 1. The molecule has 6 nitrogen and oxygen atoms in total. The van der Waals surface area contributed by atoms with Gasteiger partial charge in [0.2, 0.25) is 11.2 Å². The number of rotatable bonds is 5. The fourth-order valence-corrected chi connectivity index (χ4v) is 3.76. The topological polar surface area (TPSA) is 80.0 Å². The van der Waals surface area contributed by atoms with E-state index in [0.717, 1.165) is 17.2 Å². The molecule has 1 saturated heterocycles. The Balaban J connectivity index is 1.39. The summed E-state index contributed by atoms with van der Waals surface area (Å²) in [5, 5.41) is 11.6. The van der Waals surface area contributed by atoms with E-state index >= 15 is 0 Å². The Morgan fingerprint density at radius 3 is 2.42 bits per heavy atom. The number of aliphatic hydroxyl groups is 1. The highest BCUT2D eigenvalue weighted by Crippen LogP contribution is 2.33. The Kier molecular flexibility index (Phi) is 6.11. The fourth-order valence-electron chi connectivity index (χ4n) is 3.64. The van der Waals surface area contributed by atoms with Gasteiger partial charge in [-0.1, -0.05) is 54.1 Å². The number of carbonyl (C=O) groups is 1. The van der Waals surface area contributed by atoms with E-state index < -0.39 is 11.0 Å². The smallest absolute Gasteiger partial charge is 0.289 e. The first kappa shape index (κ1) is 21.2. The van der Waals surface area contributed by atoms with Crippen molar-refractivity contribution in [3.8, 4) is 5.75 Å². The molecule has 0 spiro atoms. The second-order valence-corrected chi connectivity index (χ2v) is 8.01. The number of hydrogen-bond donors (Lipinski definition) is 1. The average Bonchev–Trinajstić information content (AvgIpc) is 2.79. The number of carbonyl (C=O) groups excluding carboxylic acids is 1. The Hall–Kier alpha value is -3.09. The summed E-state index contributed by atoms with van der Waals surface area (Å²) in [6.45, 7) is 0.913. The predicted molar refractivity (Wildman–Crippen MR) is 116 cm³/mol. The van der Waals surface area contributed by atoms with Gasteiger partial charge in [-0.05, 0) is 36.1 Å². The second-order valence-electron chi connectivity index (χ2n) is 7.58. The number of nitrogens with zero attached hydrogens (tertiary/aromatic N) is 1. The summed E-state index contributed by atoms with van der Waals surface area (Å²) < 4.78 is 10.9. The maximum absolute atomic E-state index is 12.8. The van der Waals surface area contributed by atoms with E-state index in [1.54, 1.807) is 29.2 Å². The molecule has 1 N–H and O–H groups in total. The molecular weight excluding hydrogens is 418 g/mol. The van der Waals surface area contributed by atoms with E-state index in [-0.39, 0.29) is 24.0 Å². The molecule has 1 fully saturated rings. The zero-order valence-corrected chi connectivity index (χ0v) is 17.5. The molecule has 3 aromatic rings. The van der Waals surface area contributed by atoms with Gasteiger partial charge in [-0.15, -0.1) is 0 Å². The number of piperidine rings is 1. The maximum Gasteiger partial charge on any atom is 0.289 e. The zero-order valence-electron chi connectivity index (χ0n) is 16.8. The van der Waals surface area contributed by atoms with E-state index in [2.05, 4.69) is 0 Å². The first-order valence-electron chi connectivity index (χ1n) is 10.0. The molecule has 1 amide bonds. The number of hydrogen-bond acceptors (Lipinski definition) is 5. The summed E-state index contributed by atoms with van der Waals surface area (Å²) in [6, 6.07) is 17.7. The van der Waals surface area contributed by atoms with Gasteiger partial charge in [0.1, 0.15) is 12.9 Å². The quantitative estimate of drug-likeness (QED) is 0.650. The van der Waals surface area contributed by atoms with Gasteiger partial charge in [-0.2, -0.15) is 0 Å². The minimum absolute atomic E-state index is 0.0472. The van der Waals surface area contributed by atoms with Crippen LogP contribution in [-0.4, -0.2) is 29.0 Å². The molecule has 7 heteroatoms. The van der Waals surface area contributed by atoms with Crippen molar-refractivity contribution < 1.29 is 19.1 Å². The predicted octanol–water partition coefficient (Wildman–Crippen LogP) is 4.00. The molecule has 0 saturated carbocycles. The Morgan fingerprint density at radius 1 is 1.10 bits per heavy atom. The van der Waals surface area contributed by atoms with Crippen LogP contribution in [0.5, 0.6) is 5.75 Å². The van der Waals surface area contributed by atoms with Gasteiger partial charge >= 0.3 is 0 Å². The summed E-state index contributed by atoms with van der Waals surface area (Å²) >= 11 is 5.92. The molecular formula is C24H22ClNO5. The lowest BCUT2D eigenvalue weighted by Crippen LogP contribution is -2.45. The van der Waals surface area contributed by atoms with Crippen molar-refractivity contribution in [1.29, 1.82) is 0 Å². The van der Waals surface area contributed by atoms with E-state index in [9.17, 15) is 14.7 Å². The van der Waals surface area contributed by atoms with Gasteiger partial charge in [-0.3, -0.25) is 9.59 Å². The van der Waals surface area contributed by atoms with E-state index in [0.29, 0.717) is 31.0 Å². The van der Waals surface area contributed by atoms with Gasteiger partial charge in [0.25, 0.3) is 5.91 Å². The summed E-state index contributed by atoms with van der Waals surface area (Å²) in [6.07, 6.45) is 1.93. The van der Waals surface area contributed by atoms with Crippen LogP contribution < -0.4 is 10.2 Å². The molecule has 0 aliphatic carbocycles. The largest absolute Gasteiger partial charge is 0.482 e. The highest BCUT2D eigenvalue weighted by molar-refractivity contribution is 6.30. The second kappa shape index (κ2) is 8.96. The van der Waals surface area contributed by atoms with Gasteiger partial charge in [-0.25, -0.2) is 0 Å². The van der Waals surface area contributed by atoms with Crippen LogP contribution in [0.3, 0.4) is 0 Å². The first-order chi connectivity index (χ1) is 14.9. The molecule has 0 unspecified atom stereocenters. The monoisotopic (exact) mass is 439 g/mol. The summed E-state index contributed by atoms with van der Waals surface area (Å²) in [7, 11) is 0. The van der Waals surface area contributed by atoms with E-state index in [4.69, 9.17) is 20.8 Å². The van der Waals surface area contributed by atoms with E-state index in [1.165, 1.54) is 6.26 Å². The lowest BCUT2D eigenvalue weighted by atomic mass is 9.84. The Bertz CT molecular complexity index is 1100. The molecule has 160 valence electrons. The molecule has 0 bridgehead atoms. The van der Waals surface area contributed by atoms with Crippen molar-refractivity contribution in [2.24, 2.45) is 0 Å². The third kappa shape index (κ3) is 4.81. The number of likely N-dealkylation sites (tertiary alicyclic amines) is 1. The number of amides is 1. The van der Waals surface area contributed by atoms with Crippen LogP contribution in [0.15, 0.2) is 76.1 Å². The van der Waals surface area contributed by atoms with Crippen molar-refractivity contribution in [1.82, 2.24) is 4.90 Å². The van der Waals surface area contributed by atoms with Crippen LogP contribution in [0.1, 0.15) is 34.5 Å². The Morgan fingerprint density at radius 2 is 1.77 bits per heavy atom. The lowest BCUT2D eigenvalue weighted by molar-refractivity contribution is -0.0218. The lowest BCUT2D eigenvalue weighted by Gasteiger charge is -2.38. The molecule has 0 radical (unpaired) electrons. The molecule has 1 aliphatic heterocycles. The van der Waals surface area contributed by atoms with Gasteiger partial charge in [0.15, 0.2) is 5.76 Å². The van der Waals surface area contributed by atoms with Crippen molar-refractivity contribution in [3.05, 3.63) is 99.1 Å². The maximum atomic E-state index is 12.8.